The van der Waals surface area contributed by atoms with Gasteiger partial charge in [-0.1, -0.05) is 6.07 Å². The zero-order valence-electron chi connectivity index (χ0n) is 15.8. The Balaban J connectivity index is 2.13. The lowest BCUT2D eigenvalue weighted by molar-refractivity contribution is -0.385. The number of nitro groups is 1. The van der Waals surface area contributed by atoms with Crippen LogP contribution in [-0.4, -0.2) is 48.9 Å². The second-order valence-corrected chi connectivity index (χ2v) is 5.74. The number of benzene rings is 2. The molecule has 0 saturated heterocycles. The van der Waals surface area contributed by atoms with Gasteiger partial charge in [-0.2, -0.15) is 0 Å². The lowest BCUT2D eigenvalue weighted by Gasteiger charge is -2.20. The van der Waals surface area contributed by atoms with E-state index in [1.165, 1.54) is 31.3 Å². The number of hydrogen-bond acceptors (Lipinski definition) is 6. The monoisotopic (exact) mass is 387 g/mol. The van der Waals surface area contributed by atoms with Gasteiger partial charge in [0.2, 0.25) is 5.91 Å². The fraction of sp³-hybridized carbons (Fsp3) is 0.263. The highest BCUT2D eigenvalue weighted by molar-refractivity contribution is 6.00. The van der Waals surface area contributed by atoms with Crippen molar-refractivity contribution in [1.29, 1.82) is 0 Å². The van der Waals surface area contributed by atoms with Crippen LogP contribution in [-0.2, 0) is 4.79 Å². The van der Waals surface area contributed by atoms with Gasteiger partial charge in [0, 0.05) is 29.9 Å². The number of nitro benzene ring substituents is 1. The molecular weight excluding hydrogens is 366 g/mol. The summed E-state index contributed by atoms with van der Waals surface area (Å²) < 4.78 is 10.0. The Hall–Kier alpha value is -3.62. The summed E-state index contributed by atoms with van der Waals surface area (Å²) in [6.07, 6.45) is 0. The summed E-state index contributed by atoms with van der Waals surface area (Å²) in [5.41, 5.74) is 0.321. The number of amides is 2. The van der Waals surface area contributed by atoms with Gasteiger partial charge in [-0.15, -0.1) is 0 Å². The van der Waals surface area contributed by atoms with Crippen molar-refractivity contribution < 1.29 is 24.0 Å². The third kappa shape index (κ3) is 4.97. The smallest absolute Gasteiger partial charge is 0.311 e. The summed E-state index contributed by atoms with van der Waals surface area (Å²) in [7, 11) is 2.83. The average Bonchev–Trinajstić information content (AvgIpc) is 2.71. The summed E-state index contributed by atoms with van der Waals surface area (Å²) in [5.74, 6) is -0.243. The molecule has 0 saturated carbocycles. The van der Waals surface area contributed by atoms with Crippen LogP contribution in [0.25, 0.3) is 0 Å². The Morgan fingerprint density at radius 2 is 1.89 bits per heavy atom. The number of rotatable bonds is 8. The number of hydrogen-bond donors (Lipinski definition) is 1. The van der Waals surface area contributed by atoms with Crippen LogP contribution in [0.5, 0.6) is 11.5 Å². The van der Waals surface area contributed by atoms with Gasteiger partial charge in [-0.05, 0) is 31.2 Å². The van der Waals surface area contributed by atoms with E-state index in [2.05, 4.69) is 5.32 Å². The molecule has 0 fully saturated rings. The van der Waals surface area contributed by atoms with Gasteiger partial charge in [0.25, 0.3) is 5.91 Å². The zero-order chi connectivity index (χ0) is 20.7. The van der Waals surface area contributed by atoms with Gasteiger partial charge in [0.05, 0.1) is 19.1 Å². The molecule has 0 spiro atoms. The molecule has 2 rings (SSSR count). The van der Waals surface area contributed by atoms with Crippen LogP contribution in [0.2, 0.25) is 0 Å². The molecule has 0 aromatic heterocycles. The van der Waals surface area contributed by atoms with Crippen LogP contribution >= 0.6 is 0 Å². The number of likely N-dealkylation sites (N-methyl/N-ethyl adjacent to an activating group) is 1. The van der Waals surface area contributed by atoms with Crippen molar-refractivity contribution in [3.05, 3.63) is 58.1 Å². The van der Waals surface area contributed by atoms with Gasteiger partial charge in [-0.25, -0.2) is 0 Å². The van der Waals surface area contributed by atoms with E-state index in [4.69, 9.17) is 9.47 Å². The Labute approximate surface area is 162 Å². The van der Waals surface area contributed by atoms with Crippen molar-refractivity contribution in [2.75, 3.05) is 32.6 Å². The molecule has 148 valence electrons. The number of carbonyl (C=O) groups is 2. The second-order valence-electron chi connectivity index (χ2n) is 5.74. The van der Waals surface area contributed by atoms with Crippen molar-refractivity contribution >= 4 is 23.2 Å². The molecule has 0 radical (unpaired) electrons. The van der Waals surface area contributed by atoms with Gasteiger partial charge < -0.3 is 19.7 Å². The highest BCUT2D eigenvalue weighted by atomic mass is 16.6. The van der Waals surface area contributed by atoms with E-state index >= 15 is 0 Å². The van der Waals surface area contributed by atoms with Crippen molar-refractivity contribution in [3.63, 3.8) is 0 Å². The highest BCUT2D eigenvalue weighted by Crippen LogP contribution is 2.28. The zero-order valence-corrected chi connectivity index (χ0v) is 15.8. The molecule has 0 aliphatic carbocycles. The molecule has 0 heterocycles. The molecule has 9 nitrogen and oxygen atoms in total. The fourth-order valence-corrected chi connectivity index (χ4v) is 2.55. The first-order valence-corrected chi connectivity index (χ1v) is 8.45. The van der Waals surface area contributed by atoms with E-state index in [0.717, 1.165) is 6.07 Å². The van der Waals surface area contributed by atoms with Crippen LogP contribution in [0.15, 0.2) is 42.5 Å². The molecule has 1 N–H and O–H groups in total. The van der Waals surface area contributed by atoms with Crippen LogP contribution in [0.3, 0.4) is 0 Å². The van der Waals surface area contributed by atoms with Crippen molar-refractivity contribution in [2.24, 2.45) is 0 Å². The molecule has 2 aromatic rings. The highest BCUT2D eigenvalue weighted by Gasteiger charge is 2.22. The minimum Gasteiger partial charge on any atom is -0.497 e. The summed E-state index contributed by atoms with van der Waals surface area (Å²) >= 11 is 0. The van der Waals surface area contributed by atoms with Crippen LogP contribution in [0.1, 0.15) is 17.3 Å². The molecule has 0 aliphatic rings. The van der Waals surface area contributed by atoms with Gasteiger partial charge in [0.15, 0.2) is 5.75 Å². The summed E-state index contributed by atoms with van der Waals surface area (Å²) in [6.45, 7) is 1.77. The normalized spacial score (nSPS) is 10.1. The molecule has 2 amide bonds. The molecule has 0 atom stereocenters. The Kier molecular flexibility index (Phi) is 6.91. The summed E-state index contributed by atoms with van der Waals surface area (Å²) in [4.78, 5) is 36.8. The maximum Gasteiger partial charge on any atom is 0.311 e. The summed E-state index contributed by atoms with van der Waals surface area (Å²) in [6, 6.07) is 10.8. The number of methoxy groups -OCH3 is 2. The largest absolute Gasteiger partial charge is 0.497 e. The standard InChI is InChI=1S/C19H21N3O6/c1-4-21(12-18(23)20-14-6-5-7-15(11-14)27-2)19(24)13-8-9-17(28-3)16(10-13)22(25)26/h5-11H,4,12H2,1-3H3,(H,20,23). The van der Waals surface area contributed by atoms with E-state index in [-0.39, 0.29) is 30.1 Å². The SMILES string of the molecule is CCN(CC(=O)Nc1cccc(OC)c1)C(=O)c1ccc(OC)c([N+](=O)[O-])c1. The third-order valence-corrected chi connectivity index (χ3v) is 3.98. The molecule has 0 aliphatic heterocycles. The molecule has 9 heteroatoms. The lowest BCUT2D eigenvalue weighted by atomic mass is 10.1. The number of nitrogens with one attached hydrogen (secondary N) is 1. The molecule has 0 bridgehead atoms. The fourth-order valence-electron chi connectivity index (χ4n) is 2.55. The molecular formula is C19H21N3O6. The van der Waals surface area contributed by atoms with E-state index in [1.807, 2.05) is 0 Å². The minimum atomic E-state index is -0.624. The Morgan fingerprint density at radius 3 is 2.50 bits per heavy atom. The maximum atomic E-state index is 12.7. The summed E-state index contributed by atoms with van der Waals surface area (Å²) in [5, 5.41) is 13.8. The quantitative estimate of drug-likeness (QED) is 0.551. The second kappa shape index (κ2) is 9.36. The number of nitrogens with zero attached hydrogens (tertiary/aromatic N) is 2. The van der Waals surface area contributed by atoms with Crippen molar-refractivity contribution in [2.45, 2.75) is 6.92 Å². The first kappa shape index (κ1) is 20.7. The Bertz CT molecular complexity index is 884. The first-order valence-electron chi connectivity index (χ1n) is 8.45. The number of ether oxygens (including phenoxy) is 2. The average molecular weight is 387 g/mol. The van der Waals surface area contributed by atoms with E-state index in [9.17, 15) is 19.7 Å². The topological polar surface area (TPSA) is 111 Å². The maximum absolute atomic E-state index is 12.7. The van der Waals surface area contributed by atoms with Gasteiger partial charge >= 0.3 is 5.69 Å². The van der Waals surface area contributed by atoms with Gasteiger partial charge in [-0.3, -0.25) is 19.7 Å². The first-order chi connectivity index (χ1) is 13.4. The predicted octanol–water partition coefficient (Wildman–Crippen LogP) is 2.71. The van der Waals surface area contributed by atoms with Crippen LogP contribution in [0.4, 0.5) is 11.4 Å². The van der Waals surface area contributed by atoms with E-state index < -0.39 is 16.7 Å². The van der Waals surface area contributed by atoms with Crippen LogP contribution < -0.4 is 14.8 Å². The van der Waals surface area contributed by atoms with Crippen molar-refractivity contribution in [3.8, 4) is 11.5 Å². The third-order valence-electron chi connectivity index (χ3n) is 3.98. The van der Waals surface area contributed by atoms with E-state index in [1.54, 1.807) is 31.2 Å². The lowest BCUT2D eigenvalue weighted by Crippen LogP contribution is -2.37. The van der Waals surface area contributed by atoms with Crippen LogP contribution in [0, 0.1) is 10.1 Å². The molecule has 28 heavy (non-hydrogen) atoms. The molecule has 2 aromatic carbocycles. The number of anilines is 1. The Morgan fingerprint density at radius 1 is 1.14 bits per heavy atom. The number of carbonyl (C=O) groups excluding carboxylic acids is 2. The van der Waals surface area contributed by atoms with Gasteiger partial charge in [0.1, 0.15) is 12.3 Å². The minimum absolute atomic E-state index is 0.0559. The molecule has 0 unspecified atom stereocenters. The van der Waals surface area contributed by atoms with Crippen molar-refractivity contribution in [1.82, 2.24) is 4.90 Å². The van der Waals surface area contributed by atoms with E-state index in [0.29, 0.717) is 11.4 Å². The predicted molar refractivity (Wildman–Crippen MR) is 103 cm³/mol.